The van der Waals surface area contributed by atoms with Gasteiger partial charge in [0.25, 0.3) is 0 Å². The second-order valence-corrected chi connectivity index (χ2v) is 6.03. The van der Waals surface area contributed by atoms with E-state index in [0.717, 1.165) is 17.6 Å². The highest BCUT2D eigenvalue weighted by atomic mass is 16.5. The van der Waals surface area contributed by atoms with Crippen molar-refractivity contribution in [2.45, 2.75) is 57.8 Å². The van der Waals surface area contributed by atoms with Crippen molar-refractivity contribution in [2.75, 3.05) is 6.61 Å². The minimum atomic E-state index is 0.585. The van der Waals surface area contributed by atoms with Gasteiger partial charge in [-0.25, -0.2) is 0 Å². The van der Waals surface area contributed by atoms with Gasteiger partial charge >= 0.3 is 0 Å². The first-order chi connectivity index (χ1) is 9.83. The highest BCUT2D eigenvalue weighted by Gasteiger charge is 2.21. The normalized spacial score (nSPS) is 22.4. The first-order valence-electron chi connectivity index (χ1n) is 8.17. The molecule has 0 aliphatic heterocycles. The largest absolute Gasteiger partial charge is 0.490 e. The van der Waals surface area contributed by atoms with Crippen LogP contribution in [0, 0.1) is 5.92 Å². The maximum atomic E-state index is 5.54. The summed E-state index contributed by atoms with van der Waals surface area (Å²) in [5, 5.41) is 0. The van der Waals surface area contributed by atoms with Crippen LogP contribution in [0.2, 0.25) is 0 Å². The monoisotopic (exact) mass is 272 g/mol. The molecule has 1 aliphatic rings. The Balaban J connectivity index is 1.82. The van der Waals surface area contributed by atoms with Gasteiger partial charge in [-0.15, -0.1) is 0 Å². The molecule has 110 valence electrons. The number of hydrogen-bond acceptors (Lipinski definition) is 1. The Morgan fingerprint density at radius 1 is 1.15 bits per heavy atom. The number of benzene rings is 1. The summed E-state index contributed by atoms with van der Waals surface area (Å²) in [6.07, 6.45) is 11.5. The summed E-state index contributed by atoms with van der Waals surface area (Å²) < 4.78 is 5.54. The van der Waals surface area contributed by atoms with E-state index < -0.39 is 0 Å². The van der Waals surface area contributed by atoms with E-state index in [1.807, 2.05) is 0 Å². The van der Waals surface area contributed by atoms with Gasteiger partial charge in [0, 0.05) is 0 Å². The van der Waals surface area contributed by atoms with Crippen LogP contribution in [-0.4, -0.2) is 6.61 Å². The van der Waals surface area contributed by atoms with Gasteiger partial charge < -0.3 is 4.74 Å². The quantitative estimate of drug-likeness (QED) is 0.577. The molecule has 0 aromatic heterocycles. The Labute approximate surface area is 124 Å². The van der Waals surface area contributed by atoms with E-state index in [1.54, 1.807) is 6.08 Å². The maximum absolute atomic E-state index is 5.54. The lowest BCUT2D eigenvalue weighted by molar-refractivity contribution is 0.304. The smallest absolute Gasteiger partial charge is 0.119 e. The first-order valence-corrected chi connectivity index (χ1v) is 8.17. The molecule has 1 fully saturated rings. The van der Waals surface area contributed by atoms with Crippen LogP contribution >= 0.6 is 0 Å². The van der Waals surface area contributed by atoms with Crippen molar-refractivity contribution in [1.29, 1.82) is 0 Å². The number of ether oxygens (including phenoxy) is 1. The minimum Gasteiger partial charge on any atom is -0.490 e. The Bertz CT molecular complexity index is 385. The van der Waals surface area contributed by atoms with Gasteiger partial charge in [-0.3, -0.25) is 0 Å². The summed E-state index contributed by atoms with van der Waals surface area (Å²) in [4.78, 5) is 0. The molecule has 0 heterocycles. The van der Waals surface area contributed by atoms with Gasteiger partial charge in [0.2, 0.25) is 0 Å². The van der Waals surface area contributed by atoms with Crippen LogP contribution in [-0.2, 0) is 0 Å². The molecule has 1 aromatic carbocycles. The van der Waals surface area contributed by atoms with Crippen molar-refractivity contribution < 1.29 is 4.74 Å². The third kappa shape index (κ3) is 4.40. The summed E-state index contributed by atoms with van der Waals surface area (Å²) in [6, 6.07) is 8.69. The third-order valence-electron chi connectivity index (χ3n) is 4.53. The number of hydrogen-bond donors (Lipinski definition) is 0. The molecule has 0 bridgehead atoms. The molecule has 20 heavy (non-hydrogen) atoms. The lowest BCUT2D eigenvalue weighted by Gasteiger charge is -2.28. The molecule has 0 radical (unpaired) electrons. The van der Waals surface area contributed by atoms with Crippen molar-refractivity contribution in [3.8, 4) is 5.75 Å². The van der Waals surface area contributed by atoms with Gasteiger partial charge in [-0.05, 0) is 55.2 Å². The van der Waals surface area contributed by atoms with E-state index in [1.165, 1.54) is 50.5 Å². The zero-order valence-corrected chi connectivity index (χ0v) is 12.8. The summed E-state index contributed by atoms with van der Waals surface area (Å²) in [6.45, 7) is 6.55. The molecule has 0 amide bonds. The van der Waals surface area contributed by atoms with Crippen molar-refractivity contribution in [1.82, 2.24) is 0 Å². The zero-order chi connectivity index (χ0) is 14.2. The van der Waals surface area contributed by atoms with Crippen LogP contribution in [0.25, 0.3) is 0 Å². The Hall–Kier alpha value is -1.24. The van der Waals surface area contributed by atoms with Gasteiger partial charge in [-0.1, -0.05) is 51.0 Å². The fraction of sp³-hybridized carbons (Fsp3) is 0.579. The molecule has 1 aromatic rings. The Morgan fingerprint density at radius 2 is 1.85 bits per heavy atom. The average molecular weight is 272 g/mol. The van der Waals surface area contributed by atoms with Crippen LogP contribution in [0.5, 0.6) is 5.75 Å². The zero-order valence-electron chi connectivity index (χ0n) is 12.8. The van der Waals surface area contributed by atoms with Crippen LogP contribution in [0.4, 0.5) is 0 Å². The molecular weight excluding hydrogens is 244 g/mol. The maximum Gasteiger partial charge on any atom is 0.119 e. The van der Waals surface area contributed by atoms with Crippen molar-refractivity contribution in [3.63, 3.8) is 0 Å². The molecule has 0 N–H and O–H groups in total. The first kappa shape index (κ1) is 15.2. The highest BCUT2D eigenvalue weighted by Crippen LogP contribution is 2.38. The van der Waals surface area contributed by atoms with Crippen molar-refractivity contribution >= 4 is 0 Å². The molecular formula is C19H28O. The molecule has 0 atom stereocenters. The van der Waals surface area contributed by atoms with E-state index in [0.29, 0.717) is 6.61 Å². The summed E-state index contributed by atoms with van der Waals surface area (Å²) in [7, 11) is 0. The van der Waals surface area contributed by atoms with Gasteiger partial charge in [-0.2, -0.15) is 0 Å². The van der Waals surface area contributed by atoms with Crippen LogP contribution in [0.1, 0.15) is 63.4 Å². The van der Waals surface area contributed by atoms with Crippen molar-refractivity contribution in [3.05, 3.63) is 42.5 Å². The fourth-order valence-electron chi connectivity index (χ4n) is 3.27. The summed E-state index contributed by atoms with van der Waals surface area (Å²) in [5.74, 6) is 2.70. The van der Waals surface area contributed by atoms with E-state index in [9.17, 15) is 0 Å². The van der Waals surface area contributed by atoms with E-state index in [4.69, 9.17) is 4.74 Å². The minimum absolute atomic E-state index is 0.585. The van der Waals surface area contributed by atoms with Gasteiger partial charge in [0.05, 0.1) is 0 Å². The standard InChI is InChI=1S/C19H28O/c1-3-5-6-16-7-9-17(10-8-16)18-11-13-19(14-12-18)20-15-4-2/h4,11-14,16-17H,2-3,5-10,15H2,1H3. The predicted octanol–water partition coefficient (Wildman–Crippen LogP) is 5.72. The lowest BCUT2D eigenvalue weighted by atomic mass is 9.77. The topological polar surface area (TPSA) is 9.23 Å². The molecule has 2 rings (SSSR count). The second kappa shape index (κ2) is 8.14. The predicted molar refractivity (Wildman–Crippen MR) is 86.4 cm³/mol. The number of unbranched alkanes of at least 4 members (excludes halogenated alkanes) is 1. The SMILES string of the molecule is C=CCOc1ccc(C2CCC(CCCC)CC2)cc1. The molecule has 0 saturated heterocycles. The average Bonchev–Trinajstić information content (AvgIpc) is 2.52. The molecule has 1 heteroatoms. The third-order valence-corrected chi connectivity index (χ3v) is 4.53. The highest BCUT2D eigenvalue weighted by molar-refractivity contribution is 5.29. The summed E-state index contributed by atoms with van der Waals surface area (Å²) >= 11 is 0. The van der Waals surface area contributed by atoms with E-state index >= 15 is 0 Å². The fourth-order valence-corrected chi connectivity index (χ4v) is 3.27. The molecule has 1 saturated carbocycles. The van der Waals surface area contributed by atoms with Crippen LogP contribution < -0.4 is 4.74 Å². The van der Waals surface area contributed by atoms with E-state index in [-0.39, 0.29) is 0 Å². The van der Waals surface area contributed by atoms with E-state index in [2.05, 4.69) is 37.8 Å². The van der Waals surface area contributed by atoms with Gasteiger partial charge in [0.1, 0.15) is 12.4 Å². The molecule has 1 aliphatic carbocycles. The second-order valence-electron chi connectivity index (χ2n) is 6.03. The van der Waals surface area contributed by atoms with Crippen LogP contribution in [0.3, 0.4) is 0 Å². The van der Waals surface area contributed by atoms with Crippen molar-refractivity contribution in [2.24, 2.45) is 5.92 Å². The number of rotatable bonds is 7. The molecule has 1 nitrogen and oxygen atoms in total. The van der Waals surface area contributed by atoms with Crippen LogP contribution in [0.15, 0.2) is 36.9 Å². The molecule has 0 unspecified atom stereocenters. The van der Waals surface area contributed by atoms with Gasteiger partial charge in [0.15, 0.2) is 0 Å². The Kier molecular flexibility index (Phi) is 6.17. The lowest BCUT2D eigenvalue weighted by Crippen LogP contribution is -2.13. The molecule has 0 spiro atoms. The summed E-state index contributed by atoms with van der Waals surface area (Å²) in [5.41, 5.74) is 1.49. The Morgan fingerprint density at radius 3 is 2.45 bits per heavy atom.